The molecule has 1 amide bonds. The number of thiocarbonyl (C=S) groups is 1. The number of likely N-dealkylation sites (N-methyl/N-ethyl adjacent to an activating group) is 1. The molecule has 1 aromatic heterocycles. The summed E-state index contributed by atoms with van der Waals surface area (Å²) >= 11 is 4.21. The lowest BCUT2D eigenvalue weighted by atomic mass is 10.2. The molecule has 4 rings (SSSR count). The van der Waals surface area contributed by atoms with E-state index >= 15 is 0 Å². The molecule has 1 fully saturated rings. The Morgan fingerprint density at radius 2 is 2.14 bits per heavy atom. The third kappa shape index (κ3) is 6.64. The molecule has 2 aliphatic heterocycles. The first-order chi connectivity index (χ1) is 16.7. The van der Waals surface area contributed by atoms with Crippen molar-refractivity contribution >= 4 is 29.6 Å². The molecule has 0 radical (unpaired) electrons. The third-order valence-corrected chi connectivity index (χ3v) is 5.07. The van der Waals surface area contributed by atoms with Crippen LogP contribution in [0, 0.1) is 5.82 Å². The highest BCUT2D eigenvalue weighted by molar-refractivity contribution is 7.78. The van der Waals surface area contributed by atoms with Crippen molar-refractivity contribution in [3.63, 3.8) is 0 Å². The van der Waals surface area contributed by atoms with Gasteiger partial charge in [0.15, 0.2) is 5.82 Å². The van der Waals surface area contributed by atoms with E-state index in [0.717, 1.165) is 6.08 Å². The molecule has 1 aromatic carbocycles. The fraction of sp³-hybridized carbons (Fsp3) is 0.400. The second-order valence-corrected chi connectivity index (χ2v) is 7.61. The number of rotatable bonds is 7. The molecule has 0 spiro atoms. The van der Waals surface area contributed by atoms with Gasteiger partial charge in [-0.15, -0.1) is 5.10 Å². The minimum absolute atomic E-state index is 0.00918. The van der Waals surface area contributed by atoms with E-state index in [2.05, 4.69) is 38.0 Å². The van der Waals surface area contributed by atoms with Gasteiger partial charge in [-0.3, -0.25) is 4.90 Å². The van der Waals surface area contributed by atoms with Gasteiger partial charge in [0, 0.05) is 12.7 Å². The van der Waals surface area contributed by atoms with Crippen LogP contribution in [0.1, 0.15) is 5.69 Å². The molecule has 0 bridgehead atoms. The first-order valence-electron chi connectivity index (χ1n) is 10.2. The molecule has 35 heavy (non-hydrogen) atoms. The predicted octanol–water partition coefficient (Wildman–Crippen LogP) is 2.31. The van der Waals surface area contributed by atoms with E-state index in [1.54, 1.807) is 13.1 Å². The topological polar surface area (TPSA) is 96.8 Å². The molecule has 0 aliphatic carbocycles. The van der Waals surface area contributed by atoms with Crippen LogP contribution in [-0.4, -0.2) is 77.2 Å². The van der Waals surface area contributed by atoms with Crippen molar-refractivity contribution in [2.45, 2.75) is 24.9 Å². The summed E-state index contributed by atoms with van der Waals surface area (Å²) in [5.74, 6) is -0.643. The fourth-order valence-electron chi connectivity index (χ4n) is 3.31. The quantitative estimate of drug-likeness (QED) is 0.424. The zero-order valence-corrected chi connectivity index (χ0v) is 19.5. The number of hydrazine groups is 1. The summed E-state index contributed by atoms with van der Waals surface area (Å²) in [5.41, 5.74) is 4.26. The van der Waals surface area contributed by atoms with Gasteiger partial charge in [0.25, 0.3) is 0 Å². The number of carbonyl (C=O) groups is 1. The van der Waals surface area contributed by atoms with Crippen molar-refractivity contribution in [1.82, 2.24) is 30.7 Å². The number of anilines is 1. The molecule has 2 unspecified atom stereocenters. The maximum absolute atomic E-state index is 14.7. The van der Waals surface area contributed by atoms with Crippen molar-refractivity contribution in [3.05, 3.63) is 48.2 Å². The maximum atomic E-state index is 14.7. The Labute approximate surface area is 203 Å². The number of ether oxygens (including phenoxy) is 2. The zero-order chi connectivity index (χ0) is 25.6. The molecule has 190 valence electrons. The SMILES string of the molecule is CNCC1CN(c2ccc(-n3cc(CN4C=CC(C(F)(F)F)N4)nn3)c(F)c2)C(=O)O1.COC=S. The average Bonchev–Trinajstić information content (AvgIpc) is 3.55. The van der Waals surface area contributed by atoms with Gasteiger partial charge in [-0.2, -0.15) is 13.2 Å². The van der Waals surface area contributed by atoms with E-state index in [9.17, 15) is 22.4 Å². The highest BCUT2D eigenvalue weighted by atomic mass is 32.1. The Kier molecular flexibility index (Phi) is 8.58. The number of hydrogen-bond acceptors (Lipinski definition) is 9. The number of carbonyl (C=O) groups excluding carboxylic acids is 1. The van der Waals surface area contributed by atoms with E-state index in [-0.39, 0.29) is 18.3 Å². The Hall–Kier alpha value is -3.30. The number of cyclic esters (lactones) is 1. The highest BCUT2D eigenvalue weighted by Gasteiger charge is 2.41. The number of alkyl halides is 3. The van der Waals surface area contributed by atoms with Crippen molar-refractivity contribution in [2.75, 3.05) is 32.1 Å². The number of hydrogen-bond donors (Lipinski definition) is 2. The number of nitrogens with zero attached hydrogens (tertiary/aromatic N) is 5. The molecule has 2 atom stereocenters. The lowest BCUT2D eigenvalue weighted by Gasteiger charge is -2.20. The Morgan fingerprint density at radius 1 is 1.40 bits per heavy atom. The number of halogens is 4. The molecular weight excluding hydrogens is 494 g/mol. The van der Waals surface area contributed by atoms with Crippen LogP contribution in [0.3, 0.4) is 0 Å². The standard InChI is InChI=1S/C18H19F4N7O2.C2H4OS/c1-23-7-13-10-28(17(30)31-13)12-2-3-15(14(19)6-12)29-9-11(24-26-29)8-27-5-4-16(25-27)18(20,21)22;1-3-2-4/h2-6,9,13,16,23,25H,7-8,10H2,1H3;2H,1H3. The van der Waals surface area contributed by atoms with Gasteiger partial charge in [0.05, 0.1) is 32.1 Å². The molecule has 15 heteroatoms. The van der Waals surface area contributed by atoms with Gasteiger partial charge in [0.2, 0.25) is 0 Å². The van der Waals surface area contributed by atoms with E-state index in [1.165, 1.54) is 51.8 Å². The summed E-state index contributed by atoms with van der Waals surface area (Å²) in [7, 11) is 3.26. The van der Waals surface area contributed by atoms with Crippen LogP contribution in [0.2, 0.25) is 0 Å². The van der Waals surface area contributed by atoms with Crippen LogP contribution < -0.4 is 15.6 Å². The summed E-state index contributed by atoms with van der Waals surface area (Å²) in [5, 5.41) is 11.9. The number of aromatic nitrogens is 3. The fourth-order valence-corrected chi connectivity index (χ4v) is 3.31. The summed E-state index contributed by atoms with van der Waals surface area (Å²) in [6, 6.07) is 2.42. The highest BCUT2D eigenvalue weighted by Crippen LogP contribution is 2.26. The van der Waals surface area contributed by atoms with Crippen LogP contribution >= 0.6 is 12.2 Å². The molecular formula is C20H23F4N7O3S. The minimum Gasteiger partial charge on any atom is -0.493 e. The second kappa shape index (κ2) is 11.4. The molecule has 2 aliphatic rings. The number of benzene rings is 1. The van der Waals surface area contributed by atoms with Crippen LogP contribution in [0.5, 0.6) is 0 Å². The maximum Gasteiger partial charge on any atom is 0.414 e. The van der Waals surface area contributed by atoms with Crippen LogP contribution in [0.15, 0.2) is 36.7 Å². The lowest BCUT2D eigenvalue weighted by Crippen LogP contribution is -2.43. The normalized spacial score (nSPS) is 19.4. The summed E-state index contributed by atoms with van der Waals surface area (Å²) < 4.78 is 63.5. The second-order valence-electron chi connectivity index (χ2n) is 7.41. The number of amides is 1. The molecule has 2 N–H and O–H groups in total. The molecule has 3 heterocycles. The smallest absolute Gasteiger partial charge is 0.414 e. The largest absolute Gasteiger partial charge is 0.493 e. The predicted molar refractivity (Wildman–Crippen MR) is 121 cm³/mol. The average molecular weight is 518 g/mol. The molecule has 1 saturated heterocycles. The van der Waals surface area contributed by atoms with E-state index < -0.39 is 24.1 Å². The van der Waals surface area contributed by atoms with Gasteiger partial charge in [-0.25, -0.2) is 19.3 Å². The summed E-state index contributed by atoms with van der Waals surface area (Å²) in [6.07, 6.45) is -1.61. The molecule has 0 saturated carbocycles. The van der Waals surface area contributed by atoms with Crippen LogP contribution in [0.4, 0.5) is 28.0 Å². The minimum atomic E-state index is -4.40. The molecule has 10 nitrogen and oxygen atoms in total. The molecule has 2 aromatic rings. The Morgan fingerprint density at radius 3 is 2.74 bits per heavy atom. The van der Waals surface area contributed by atoms with Gasteiger partial charge in [0.1, 0.15) is 29.1 Å². The van der Waals surface area contributed by atoms with Crippen molar-refractivity contribution in [3.8, 4) is 5.69 Å². The van der Waals surface area contributed by atoms with Gasteiger partial charge in [-0.1, -0.05) is 5.21 Å². The first-order valence-corrected chi connectivity index (χ1v) is 10.7. The van der Waals surface area contributed by atoms with E-state index in [1.807, 2.05) is 0 Å². The third-order valence-electron chi connectivity index (χ3n) is 4.88. The number of nitrogens with one attached hydrogen (secondary N) is 2. The van der Waals surface area contributed by atoms with Gasteiger partial charge < -0.3 is 19.8 Å². The van der Waals surface area contributed by atoms with Gasteiger partial charge >= 0.3 is 12.3 Å². The summed E-state index contributed by atoms with van der Waals surface area (Å²) in [4.78, 5) is 13.4. The van der Waals surface area contributed by atoms with E-state index in [0.29, 0.717) is 24.5 Å². The Bertz CT molecular complexity index is 1070. The van der Waals surface area contributed by atoms with Crippen LogP contribution in [-0.2, 0) is 16.0 Å². The van der Waals surface area contributed by atoms with Crippen molar-refractivity contribution in [1.29, 1.82) is 0 Å². The Balaban J connectivity index is 0.000000795. The van der Waals surface area contributed by atoms with Crippen molar-refractivity contribution in [2.24, 2.45) is 0 Å². The first kappa shape index (κ1) is 26.3. The lowest BCUT2D eigenvalue weighted by molar-refractivity contribution is -0.150. The van der Waals surface area contributed by atoms with Crippen molar-refractivity contribution < 1.29 is 31.8 Å². The van der Waals surface area contributed by atoms with E-state index in [4.69, 9.17) is 4.74 Å². The van der Waals surface area contributed by atoms with Crippen LogP contribution in [0.25, 0.3) is 5.69 Å². The zero-order valence-electron chi connectivity index (χ0n) is 18.7. The summed E-state index contributed by atoms with van der Waals surface area (Å²) in [6.45, 7) is 0.784. The number of methoxy groups -OCH3 is 1. The monoisotopic (exact) mass is 517 g/mol. The van der Waals surface area contributed by atoms with Gasteiger partial charge in [-0.05, 0) is 43.5 Å².